The number of hydrogen-bond donors (Lipinski definition) is 2. The highest BCUT2D eigenvalue weighted by atomic mass is 16.5. The quantitative estimate of drug-likeness (QED) is 0.855. The van der Waals surface area contributed by atoms with Crippen LogP contribution >= 0.6 is 0 Å². The van der Waals surface area contributed by atoms with Gasteiger partial charge in [-0.2, -0.15) is 0 Å². The summed E-state index contributed by atoms with van der Waals surface area (Å²) in [5.74, 6) is 0.0125. The summed E-state index contributed by atoms with van der Waals surface area (Å²) in [6, 6.07) is 9.96. The normalized spacial score (nSPS) is 17.5. The van der Waals surface area contributed by atoms with Gasteiger partial charge in [-0.05, 0) is 24.8 Å². The van der Waals surface area contributed by atoms with Gasteiger partial charge in [0.2, 0.25) is 5.91 Å². The van der Waals surface area contributed by atoms with E-state index in [2.05, 4.69) is 22.8 Å². The molecule has 3 amide bonds. The number of methoxy groups -OCH3 is 1. The average Bonchev–Trinajstić information content (AvgIpc) is 2.64. The van der Waals surface area contributed by atoms with Gasteiger partial charge in [0.1, 0.15) is 0 Å². The number of amides is 3. The Labute approximate surface area is 149 Å². The molecule has 6 nitrogen and oxygen atoms in total. The summed E-state index contributed by atoms with van der Waals surface area (Å²) in [5, 5.41) is 5.83. The average molecular weight is 347 g/mol. The van der Waals surface area contributed by atoms with Crippen LogP contribution in [0.2, 0.25) is 0 Å². The highest BCUT2D eigenvalue weighted by Crippen LogP contribution is 2.06. The Hall–Kier alpha value is -2.08. The molecule has 2 N–H and O–H groups in total. The zero-order valence-electron chi connectivity index (χ0n) is 15.0. The second-order valence-electron chi connectivity index (χ2n) is 6.38. The number of carbonyl (C=O) groups is 2. The fourth-order valence-electron chi connectivity index (χ4n) is 2.90. The van der Waals surface area contributed by atoms with Crippen LogP contribution in [0.25, 0.3) is 0 Å². The molecule has 1 aromatic rings. The third kappa shape index (κ3) is 7.13. The lowest BCUT2D eigenvalue weighted by Gasteiger charge is -2.25. The van der Waals surface area contributed by atoms with Crippen molar-refractivity contribution in [3.63, 3.8) is 0 Å². The summed E-state index contributed by atoms with van der Waals surface area (Å²) in [5.41, 5.74) is 1.18. The van der Waals surface area contributed by atoms with Gasteiger partial charge in [0, 0.05) is 46.1 Å². The van der Waals surface area contributed by atoms with Gasteiger partial charge in [0.25, 0.3) is 0 Å². The lowest BCUT2D eigenvalue weighted by atomic mass is 10.1. The predicted molar refractivity (Wildman–Crippen MR) is 97.4 cm³/mol. The van der Waals surface area contributed by atoms with Crippen molar-refractivity contribution in [2.24, 2.45) is 0 Å². The maximum absolute atomic E-state index is 12.5. The SMILES string of the molecule is COC(CNC(=O)N1CCCCCNC(=O)CC1)Cc1ccccc1. The van der Waals surface area contributed by atoms with E-state index >= 15 is 0 Å². The molecule has 1 aliphatic rings. The molecule has 2 rings (SSSR count). The van der Waals surface area contributed by atoms with Crippen molar-refractivity contribution in [2.45, 2.75) is 38.2 Å². The van der Waals surface area contributed by atoms with Crippen LogP contribution in [0.1, 0.15) is 31.2 Å². The van der Waals surface area contributed by atoms with E-state index in [4.69, 9.17) is 4.74 Å². The summed E-state index contributed by atoms with van der Waals surface area (Å²) < 4.78 is 5.49. The van der Waals surface area contributed by atoms with Gasteiger partial charge in [-0.15, -0.1) is 0 Å². The Morgan fingerprint density at radius 2 is 2.04 bits per heavy atom. The van der Waals surface area contributed by atoms with Crippen molar-refractivity contribution < 1.29 is 14.3 Å². The van der Waals surface area contributed by atoms with Crippen molar-refractivity contribution in [2.75, 3.05) is 33.3 Å². The fourth-order valence-corrected chi connectivity index (χ4v) is 2.90. The highest BCUT2D eigenvalue weighted by Gasteiger charge is 2.17. The minimum Gasteiger partial charge on any atom is -0.379 e. The minimum atomic E-state index is -0.122. The van der Waals surface area contributed by atoms with E-state index in [1.165, 1.54) is 5.56 Å². The number of carbonyl (C=O) groups excluding carboxylic acids is 2. The van der Waals surface area contributed by atoms with Gasteiger partial charge < -0.3 is 20.3 Å². The summed E-state index contributed by atoms with van der Waals surface area (Å²) in [4.78, 5) is 25.9. The van der Waals surface area contributed by atoms with Crippen molar-refractivity contribution in [1.29, 1.82) is 0 Å². The van der Waals surface area contributed by atoms with E-state index in [0.717, 1.165) is 32.2 Å². The molecule has 0 saturated carbocycles. The number of hydrogen-bond acceptors (Lipinski definition) is 3. The van der Waals surface area contributed by atoms with E-state index in [0.29, 0.717) is 26.1 Å². The van der Waals surface area contributed by atoms with Crippen LogP contribution in [0, 0.1) is 0 Å². The third-order valence-electron chi connectivity index (χ3n) is 4.44. The molecule has 0 spiro atoms. The molecule has 1 saturated heterocycles. The van der Waals surface area contributed by atoms with Crippen LogP contribution in [0.15, 0.2) is 30.3 Å². The van der Waals surface area contributed by atoms with E-state index in [1.54, 1.807) is 12.0 Å². The number of nitrogens with zero attached hydrogens (tertiary/aromatic N) is 1. The fraction of sp³-hybridized carbons (Fsp3) is 0.579. The topological polar surface area (TPSA) is 70.7 Å². The van der Waals surface area contributed by atoms with E-state index in [1.807, 2.05) is 18.2 Å². The lowest BCUT2D eigenvalue weighted by Crippen LogP contribution is -2.45. The van der Waals surface area contributed by atoms with Crippen LogP contribution in [0.3, 0.4) is 0 Å². The molecule has 1 fully saturated rings. The lowest BCUT2D eigenvalue weighted by molar-refractivity contribution is -0.121. The molecular formula is C19H29N3O3. The molecule has 0 aliphatic carbocycles. The first-order chi connectivity index (χ1) is 12.2. The van der Waals surface area contributed by atoms with Crippen molar-refractivity contribution in [1.82, 2.24) is 15.5 Å². The molecule has 1 atom stereocenters. The number of ether oxygens (including phenoxy) is 1. The largest absolute Gasteiger partial charge is 0.379 e. The third-order valence-corrected chi connectivity index (χ3v) is 4.44. The Morgan fingerprint density at radius 1 is 1.24 bits per heavy atom. The molecule has 25 heavy (non-hydrogen) atoms. The zero-order chi connectivity index (χ0) is 17.9. The summed E-state index contributed by atoms with van der Waals surface area (Å²) >= 11 is 0. The van der Waals surface area contributed by atoms with E-state index in [-0.39, 0.29) is 18.0 Å². The Balaban J connectivity index is 1.82. The second kappa shape index (κ2) is 10.7. The molecule has 1 unspecified atom stereocenters. The monoisotopic (exact) mass is 347 g/mol. The molecular weight excluding hydrogens is 318 g/mol. The maximum atomic E-state index is 12.5. The summed E-state index contributed by atoms with van der Waals surface area (Å²) in [7, 11) is 1.66. The van der Waals surface area contributed by atoms with Crippen molar-refractivity contribution in [3.05, 3.63) is 35.9 Å². The molecule has 1 heterocycles. The molecule has 0 aromatic heterocycles. The van der Waals surface area contributed by atoms with Crippen LogP contribution in [-0.2, 0) is 16.0 Å². The van der Waals surface area contributed by atoms with Gasteiger partial charge in [-0.1, -0.05) is 30.3 Å². The Morgan fingerprint density at radius 3 is 2.80 bits per heavy atom. The molecule has 0 radical (unpaired) electrons. The molecule has 1 aliphatic heterocycles. The number of urea groups is 1. The zero-order valence-corrected chi connectivity index (χ0v) is 15.0. The van der Waals surface area contributed by atoms with Crippen LogP contribution in [-0.4, -0.2) is 56.2 Å². The number of rotatable bonds is 5. The van der Waals surface area contributed by atoms with Gasteiger partial charge in [-0.25, -0.2) is 4.79 Å². The van der Waals surface area contributed by atoms with Gasteiger partial charge in [0.05, 0.1) is 6.10 Å². The van der Waals surface area contributed by atoms with Gasteiger partial charge in [0.15, 0.2) is 0 Å². The molecule has 6 heteroatoms. The Bertz CT molecular complexity index is 536. The molecule has 138 valence electrons. The number of nitrogens with one attached hydrogen (secondary N) is 2. The summed E-state index contributed by atoms with van der Waals surface area (Å²) in [6.07, 6.45) is 3.96. The Kier molecular flexibility index (Phi) is 8.25. The standard InChI is InChI=1S/C19H29N3O3/c1-25-17(14-16-8-4-2-5-9-16)15-21-19(24)22-12-7-3-6-11-20-18(23)10-13-22/h2,4-5,8-9,17H,3,6-7,10-15H2,1H3,(H,20,23)(H,21,24). The van der Waals surface area contributed by atoms with E-state index < -0.39 is 0 Å². The second-order valence-corrected chi connectivity index (χ2v) is 6.38. The van der Waals surface area contributed by atoms with E-state index in [9.17, 15) is 9.59 Å². The van der Waals surface area contributed by atoms with Crippen molar-refractivity contribution >= 4 is 11.9 Å². The first-order valence-corrected chi connectivity index (χ1v) is 9.05. The predicted octanol–water partition coefficient (Wildman–Crippen LogP) is 1.95. The first-order valence-electron chi connectivity index (χ1n) is 9.05. The van der Waals surface area contributed by atoms with Crippen molar-refractivity contribution in [3.8, 4) is 0 Å². The maximum Gasteiger partial charge on any atom is 0.317 e. The highest BCUT2D eigenvalue weighted by molar-refractivity contribution is 5.78. The van der Waals surface area contributed by atoms with Gasteiger partial charge in [-0.3, -0.25) is 4.79 Å². The summed E-state index contributed by atoms with van der Waals surface area (Å²) in [6.45, 7) is 2.33. The van der Waals surface area contributed by atoms with Crippen LogP contribution < -0.4 is 10.6 Å². The number of benzene rings is 1. The minimum absolute atomic E-state index is 0.0125. The molecule has 0 bridgehead atoms. The smallest absolute Gasteiger partial charge is 0.317 e. The van der Waals surface area contributed by atoms with Gasteiger partial charge >= 0.3 is 6.03 Å². The van der Waals surface area contributed by atoms with Crippen LogP contribution in [0.4, 0.5) is 4.79 Å². The van der Waals surface area contributed by atoms with Crippen LogP contribution in [0.5, 0.6) is 0 Å². The molecule has 1 aromatic carbocycles. The first kappa shape index (κ1) is 19.2.